The number of β-amino-alcohol motifs (C(OH)–C–C–N with tert-alkyl or cyclic N) is 1. The summed E-state index contributed by atoms with van der Waals surface area (Å²) in [6.07, 6.45) is -4.70. The average Bonchev–Trinajstić information content (AvgIpc) is 2.82. The highest BCUT2D eigenvalue weighted by Gasteiger charge is 2.33. The smallest absolute Gasteiger partial charge is 0.416 e. The molecule has 1 saturated heterocycles. The zero-order valence-electron chi connectivity index (χ0n) is 24.3. The fourth-order valence-corrected chi connectivity index (χ4v) is 4.40. The Morgan fingerprint density at radius 2 is 1.61 bits per heavy atom. The number of anilines is 2. The third-order valence-corrected chi connectivity index (χ3v) is 5.87. The van der Waals surface area contributed by atoms with E-state index in [0.717, 1.165) is 23.9 Å². The van der Waals surface area contributed by atoms with E-state index in [-0.39, 0.29) is 24.4 Å². The van der Waals surface area contributed by atoms with Crippen LogP contribution in [-0.2, 0) is 6.18 Å². The molecule has 2 aliphatic heterocycles. The maximum atomic E-state index is 13.5. The van der Waals surface area contributed by atoms with Gasteiger partial charge in [0, 0.05) is 59.8 Å². The minimum Gasteiger partial charge on any atom is -0.508 e. The van der Waals surface area contributed by atoms with Crippen LogP contribution in [0, 0.1) is 0 Å². The number of alkyl halides is 3. The average molecular weight is 462 g/mol. The first-order valence-corrected chi connectivity index (χ1v) is 10.3. The number of halogens is 3. The largest absolute Gasteiger partial charge is 0.508 e. The fourth-order valence-electron chi connectivity index (χ4n) is 3.30. The van der Waals surface area contributed by atoms with Crippen LogP contribution in [0.15, 0.2) is 46.2 Å². The van der Waals surface area contributed by atoms with Gasteiger partial charge in [0.05, 0.1) is 23.5 Å². The molecule has 2 aromatic carbocycles. The molecular weight excluding hydrogens is 427 g/mol. The van der Waals surface area contributed by atoms with Gasteiger partial charge in [-0.3, -0.25) is 4.90 Å². The van der Waals surface area contributed by atoms with Crippen LogP contribution in [0.25, 0.3) is 0 Å². The number of fused-ring (bicyclic) bond motifs is 2. The Labute approximate surface area is 195 Å². The number of hydrogen-bond acceptors (Lipinski definition) is 6. The van der Waals surface area contributed by atoms with Crippen molar-refractivity contribution < 1.29 is 34.4 Å². The van der Waals surface area contributed by atoms with Gasteiger partial charge in [-0.25, -0.2) is 0 Å². The van der Waals surface area contributed by atoms with Crippen molar-refractivity contribution in [2.45, 2.75) is 22.4 Å². The van der Waals surface area contributed by atoms with Gasteiger partial charge >= 0.3 is 6.18 Å². The Balaban J connectivity index is 1.67. The Bertz CT molecular complexity index is 1220. The van der Waals surface area contributed by atoms with Crippen LogP contribution in [0.5, 0.6) is 5.75 Å². The van der Waals surface area contributed by atoms with Crippen LogP contribution >= 0.6 is 11.8 Å². The third-order valence-electron chi connectivity index (χ3n) is 4.76. The highest BCUT2D eigenvalue weighted by molar-refractivity contribution is 7.99. The summed E-state index contributed by atoms with van der Waals surface area (Å²) in [6, 6.07) is 7.56. The van der Waals surface area contributed by atoms with Crippen molar-refractivity contribution in [3.8, 4) is 5.75 Å². The molecule has 0 aliphatic carbocycles. The second-order valence-corrected chi connectivity index (χ2v) is 8.00. The van der Waals surface area contributed by atoms with Crippen LogP contribution in [-0.4, -0.2) is 72.2 Å². The lowest BCUT2D eigenvalue weighted by atomic mass is 10.1. The summed E-state index contributed by atoms with van der Waals surface area (Å²) in [5.41, 5.74) is -0.213. The normalized spacial score (nSPS) is 27.8. The maximum Gasteiger partial charge on any atom is 0.416 e. The van der Waals surface area contributed by atoms with Gasteiger partial charge in [-0.15, -0.1) is 0 Å². The highest BCUT2D eigenvalue weighted by atomic mass is 32.2. The number of aliphatic hydroxyl groups is 1. The van der Waals surface area contributed by atoms with Crippen molar-refractivity contribution in [1.82, 2.24) is 9.80 Å². The van der Waals surface area contributed by atoms with E-state index < -0.39 is 57.4 Å². The second-order valence-electron chi connectivity index (χ2n) is 6.91. The number of hydrogen-bond donors (Lipinski definition) is 2. The molecule has 0 saturated carbocycles. The molecule has 2 N–H and O–H groups in total. The van der Waals surface area contributed by atoms with Crippen LogP contribution in [0.1, 0.15) is 23.0 Å². The van der Waals surface area contributed by atoms with E-state index in [1.165, 1.54) is 29.2 Å². The number of nitrogens with zero attached hydrogens (tertiary/aromatic N) is 3. The summed E-state index contributed by atoms with van der Waals surface area (Å²) in [4.78, 5) is 3.34. The van der Waals surface area contributed by atoms with Crippen molar-refractivity contribution in [3.05, 3.63) is 42.0 Å². The molecule has 0 atom stereocenters. The van der Waals surface area contributed by atoms with E-state index in [4.69, 9.17) is 11.0 Å². The number of phenols is 1. The molecule has 9 heteroatoms. The van der Waals surface area contributed by atoms with Gasteiger partial charge in [-0.05, 0) is 49.4 Å². The summed E-state index contributed by atoms with van der Waals surface area (Å²) in [5.74, 6) is -0.0526. The summed E-state index contributed by atoms with van der Waals surface area (Å²) in [5, 5.41) is 19.2. The number of aromatic hydroxyl groups is 1. The van der Waals surface area contributed by atoms with Crippen LogP contribution in [0.2, 0.25) is 0 Å². The predicted molar refractivity (Wildman–Crippen MR) is 115 cm³/mol. The van der Waals surface area contributed by atoms with Gasteiger partial charge in [-0.2, -0.15) is 13.2 Å². The molecule has 0 aromatic heterocycles. The summed E-state index contributed by atoms with van der Waals surface area (Å²) >= 11 is 1.16. The first-order chi connectivity index (χ1) is 17.9. The molecule has 168 valence electrons. The van der Waals surface area contributed by atoms with Gasteiger partial charge in [0.1, 0.15) is 5.75 Å². The molecule has 0 radical (unpaired) electrons. The Hall–Kier alpha value is -1.94. The SMILES string of the molecule is [2H]C1([2H])N(CCO)C([2H])([2H])C([2H])([2H])N(CCCN2c3ccc(O)cc3Sc3ccc(C(F)(F)F)cc32)C1([2H])[2H]. The molecular formula is C22H26F3N3O2S. The molecule has 0 amide bonds. The molecule has 2 aliphatic rings. The predicted octanol–water partition coefficient (Wildman–Crippen LogP) is 4.01. The van der Waals surface area contributed by atoms with Crippen molar-refractivity contribution in [2.24, 2.45) is 0 Å². The zero-order valence-corrected chi connectivity index (χ0v) is 17.1. The molecule has 31 heavy (non-hydrogen) atoms. The van der Waals surface area contributed by atoms with Crippen molar-refractivity contribution >= 4 is 23.1 Å². The zero-order chi connectivity index (χ0) is 29.2. The van der Waals surface area contributed by atoms with Gasteiger partial charge in [-0.1, -0.05) is 11.8 Å². The molecule has 4 rings (SSSR count). The molecule has 0 bridgehead atoms. The van der Waals surface area contributed by atoms with Gasteiger partial charge in [0.15, 0.2) is 0 Å². The number of benzene rings is 2. The van der Waals surface area contributed by atoms with E-state index in [9.17, 15) is 23.4 Å². The standard InChI is InChI=1S/C22H26F3N3O2S/c23-22(24,25)16-2-5-20-19(14-16)28(18-4-3-17(30)15-21(18)31-20)7-1-6-26-8-10-27(11-9-26)12-13-29/h2-5,14-15,29-30H,1,6-13H2/i8D2,9D2,10D2,11D2. The van der Waals surface area contributed by atoms with E-state index in [1.54, 1.807) is 0 Å². The number of aliphatic hydroxyl groups excluding tert-OH is 1. The van der Waals surface area contributed by atoms with Crippen LogP contribution in [0.4, 0.5) is 24.5 Å². The van der Waals surface area contributed by atoms with Gasteiger partial charge < -0.3 is 20.0 Å². The lowest BCUT2D eigenvalue weighted by Crippen LogP contribution is -2.47. The molecule has 2 aromatic rings. The van der Waals surface area contributed by atoms with E-state index in [0.29, 0.717) is 25.3 Å². The maximum absolute atomic E-state index is 13.5. The summed E-state index contributed by atoms with van der Waals surface area (Å²) in [6.45, 7) is -14.1. The minimum atomic E-state index is -4.61. The van der Waals surface area contributed by atoms with Gasteiger partial charge in [0.25, 0.3) is 0 Å². The van der Waals surface area contributed by atoms with Crippen LogP contribution in [0.3, 0.4) is 0 Å². The van der Waals surface area contributed by atoms with Crippen LogP contribution < -0.4 is 4.90 Å². The van der Waals surface area contributed by atoms with Crippen molar-refractivity contribution in [2.75, 3.05) is 57.1 Å². The lowest BCUT2D eigenvalue weighted by Gasteiger charge is -2.36. The number of piperazine rings is 1. The first kappa shape index (κ1) is 14.3. The number of rotatable bonds is 6. The topological polar surface area (TPSA) is 50.2 Å². The molecule has 1 fully saturated rings. The minimum absolute atomic E-state index is 0.0526. The Kier molecular flexibility index (Phi) is 4.27. The van der Waals surface area contributed by atoms with E-state index >= 15 is 0 Å². The van der Waals surface area contributed by atoms with Gasteiger partial charge in [0.2, 0.25) is 0 Å². The van der Waals surface area contributed by atoms with E-state index in [1.807, 2.05) is 0 Å². The summed E-state index contributed by atoms with van der Waals surface area (Å²) in [7, 11) is 0. The first-order valence-electron chi connectivity index (χ1n) is 13.5. The summed E-state index contributed by atoms with van der Waals surface area (Å²) < 4.78 is 107. The number of phenolic OH excluding ortho intramolecular Hbond substituents is 1. The molecule has 0 spiro atoms. The monoisotopic (exact) mass is 461 g/mol. The molecule has 0 unspecified atom stereocenters. The van der Waals surface area contributed by atoms with E-state index in [2.05, 4.69) is 0 Å². The highest BCUT2D eigenvalue weighted by Crippen LogP contribution is 2.50. The fraction of sp³-hybridized carbons (Fsp3) is 0.455. The third kappa shape index (κ3) is 5.11. The Morgan fingerprint density at radius 3 is 2.29 bits per heavy atom. The second kappa shape index (κ2) is 9.28. The van der Waals surface area contributed by atoms with Crippen molar-refractivity contribution in [3.63, 3.8) is 0 Å². The molecule has 2 heterocycles. The Morgan fingerprint density at radius 1 is 0.903 bits per heavy atom. The molecule has 5 nitrogen and oxygen atoms in total. The van der Waals surface area contributed by atoms with Crippen molar-refractivity contribution in [1.29, 1.82) is 0 Å². The quantitative estimate of drug-likeness (QED) is 0.678. The lowest BCUT2D eigenvalue weighted by molar-refractivity contribution is -0.137.